The number of fused-ring (bicyclic) bond motifs is 1. The maximum absolute atomic E-state index is 12.5. The van der Waals surface area contributed by atoms with Crippen molar-refractivity contribution < 1.29 is 29.5 Å². The van der Waals surface area contributed by atoms with E-state index in [9.17, 15) is 24.8 Å². The molecule has 2 fully saturated rings. The predicted molar refractivity (Wildman–Crippen MR) is 100 cm³/mol. The fraction of sp³-hybridized carbons (Fsp3) is 0.529. The topological polar surface area (TPSA) is 119 Å². The lowest BCUT2D eigenvalue weighted by Crippen LogP contribution is -2.55. The Morgan fingerprint density at radius 3 is 2.81 bits per heavy atom. The van der Waals surface area contributed by atoms with Crippen molar-refractivity contribution in [3.63, 3.8) is 0 Å². The highest BCUT2D eigenvalue weighted by molar-refractivity contribution is 8.01. The lowest BCUT2D eigenvalue weighted by atomic mass is 9.77. The van der Waals surface area contributed by atoms with Crippen molar-refractivity contribution in [2.45, 2.75) is 18.0 Å². The number of nitrogens with one attached hydrogen (secondary N) is 1. The highest BCUT2D eigenvalue weighted by atomic mass is 32.2. The zero-order chi connectivity index (χ0) is 19.2. The standard InChI is InChI=1S/C17H21BN2O6S/c21-11-2-1-10-5-12(18(25)26-15(10)14(11)16(23)24)27-6-13(22)20-4-3-17(9-20)7-19-8-17/h1-2,12,19,21,25H,3-9H2,(H,23,24). The summed E-state index contributed by atoms with van der Waals surface area (Å²) in [7, 11) is -1.24. The van der Waals surface area contributed by atoms with Gasteiger partial charge in [-0.25, -0.2) is 4.79 Å². The molecule has 1 aromatic carbocycles. The quantitative estimate of drug-likeness (QED) is 0.528. The first-order valence-corrected chi connectivity index (χ1v) is 9.96. The molecule has 4 N–H and O–H groups in total. The average molecular weight is 392 g/mol. The molecular formula is C17H21BN2O6S. The third kappa shape index (κ3) is 3.37. The van der Waals surface area contributed by atoms with Crippen molar-refractivity contribution in [3.8, 4) is 11.5 Å². The van der Waals surface area contributed by atoms with Gasteiger partial charge in [0.1, 0.15) is 17.1 Å². The molecule has 0 radical (unpaired) electrons. The molecule has 10 heteroatoms. The zero-order valence-electron chi connectivity index (χ0n) is 14.7. The monoisotopic (exact) mass is 392 g/mol. The summed E-state index contributed by atoms with van der Waals surface area (Å²) in [5.74, 6) is -1.42. The molecule has 8 nitrogen and oxygen atoms in total. The van der Waals surface area contributed by atoms with Crippen LogP contribution in [0.2, 0.25) is 0 Å². The Labute approximate surface area is 161 Å². The minimum Gasteiger partial charge on any atom is -0.534 e. The normalized spacial score (nSPS) is 22.9. The summed E-state index contributed by atoms with van der Waals surface area (Å²) in [4.78, 5) is 25.7. The molecular weight excluding hydrogens is 371 g/mol. The van der Waals surface area contributed by atoms with E-state index in [0.29, 0.717) is 12.0 Å². The molecule has 0 aromatic heterocycles. The van der Waals surface area contributed by atoms with Gasteiger partial charge in [-0.1, -0.05) is 6.07 Å². The molecule has 4 rings (SSSR count). The van der Waals surface area contributed by atoms with Gasteiger partial charge in [0.05, 0.1) is 10.9 Å². The average Bonchev–Trinajstić information content (AvgIpc) is 3.05. The number of aromatic carboxylic acids is 1. The first-order valence-electron chi connectivity index (χ1n) is 8.91. The molecule has 2 saturated heterocycles. The Morgan fingerprint density at radius 2 is 2.19 bits per heavy atom. The number of carboxylic acid groups (broad SMARTS) is 1. The van der Waals surface area contributed by atoms with Gasteiger partial charge in [-0.3, -0.25) is 4.79 Å². The lowest BCUT2D eigenvalue weighted by Gasteiger charge is -2.39. The number of hydrogen-bond acceptors (Lipinski definition) is 7. The first kappa shape index (κ1) is 18.5. The van der Waals surface area contributed by atoms with E-state index in [1.54, 1.807) is 6.07 Å². The maximum atomic E-state index is 12.5. The van der Waals surface area contributed by atoms with Gasteiger partial charge in [0.15, 0.2) is 0 Å². The predicted octanol–water partition coefficient (Wildman–Crippen LogP) is -0.0313. The molecule has 1 atom stereocenters. The molecule has 0 aliphatic carbocycles. The molecule has 3 heterocycles. The molecule has 27 heavy (non-hydrogen) atoms. The number of nitrogens with zero attached hydrogens (tertiary/aromatic N) is 1. The number of rotatable bonds is 4. The third-order valence-corrected chi connectivity index (χ3v) is 6.86. The van der Waals surface area contributed by atoms with Gasteiger partial charge in [0.25, 0.3) is 0 Å². The van der Waals surface area contributed by atoms with E-state index >= 15 is 0 Å². The molecule has 3 aliphatic rings. The maximum Gasteiger partial charge on any atom is 0.536 e. The van der Waals surface area contributed by atoms with Crippen LogP contribution in [0.5, 0.6) is 11.5 Å². The fourth-order valence-corrected chi connectivity index (χ4v) is 5.01. The van der Waals surface area contributed by atoms with Crippen LogP contribution in [0.25, 0.3) is 0 Å². The number of thioether (sulfide) groups is 1. The summed E-state index contributed by atoms with van der Waals surface area (Å²) in [6, 6.07) is 2.90. The number of likely N-dealkylation sites (tertiary alicyclic amines) is 1. The second-order valence-corrected chi connectivity index (χ2v) is 8.71. The van der Waals surface area contributed by atoms with Crippen LogP contribution in [-0.2, 0) is 11.2 Å². The Hall–Kier alpha value is -1.91. The van der Waals surface area contributed by atoms with Crippen molar-refractivity contribution in [2.75, 3.05) is 31.9 Å². The van der Waals surface area contributed by atoms with Crippen LogP contribution in [0.15, 0.2) is 12.1 Å². The van der Waals surface area contributed by atoms with E-state index < -0.39 is 18.8 Å². The van der Waals surface area contributed by atoms with E-state index in [4.69, 9.17) is 4.65 Å². The van der Waals surface area contributed by atoms with E-state index in [1.165, 1.54) is 17.8 Å². The Balaban J connectivity index is 1.39. The van der Waals surface area contributed by atoms with Gasteiger partial charge >= 0.3 is 13.1 Å². The molecule has 1 unspecified atom stereocenters. The summed E-state index contributed by atoms with van der Waals surface area (Å²) < 4.78 is 5.40. The summed E-state index contributed by atoms with van der Waals surface area (Å²) in [5, 5.41) is 32.2. The molecule has 0 bridgehead atoms. The summed E-state index contributed by atoms with van der Waals surface area (Å²) in [6.07, 6.45) is 1.39. The van der Waals surface area contributed by atoms with Crippen molar-refractivity contribution in [1.29, 1.82) is 0 Å². The van der Waals surface area contributed by atoms with Crippen molar-refractivity contribution in [1.82, 2.24) is 10.2 Å². The largest absolute Gasteiger partial charge is 0.536 e. The number of hydrogen-bond donors (Lipinski definition) is 4. The molecule has 1 aromatic rings. The Bertz CT molecular complexity index is 787. The number of phenols is 1. The Kier molecular flexibility index (Phi) is 4.73. The smallest absolute Gasteiger partial charge is 0.534 e. The summed E-state index contributed by atoms with van der Waals surface area (Å²) in [6.45, 7) is 3.49. The molecule has 1 amide bonds. The second kappa shape index (κ2) is 6.92. The first-order chi connectivity index (χ1) is 12.9. The van der Waals surface area contributed by atoms with Gasteiger partial charge in [0, 0.05) is 31.6 Å². The van der Waals surface area contributed by atoms with E-state index in [2.05, 4.69) is 5.32 Å². The number of benzene rings is 1. The molecule has 144 valence electrons. The number of carbonyl (C=O) groups is 2. The summed E-state index contributed by atoms with van der Waals surface area (Å²) in [5.41, 5.74) is 0.505. The zero-order valence-corrected chi connectivity index (χ0v) is 15.5. The van der Waals surface area contributed by atoms with Crippen LogP contribution < -0.4 is 9.97 Å². The van der Waals surface area contributed by atoms with Crippen molar-refractivity contribution >= 4 is 30.8 Å². The highest BCUT2D eigenvalue weighted by Gasteiger charge is 2.44. The number of aromatic hydroxyl groups is 1. The second-order valence-electron chi connectivity index (χ2n) is 7.48. The van der Waals surface area contributed by atoms with Crippen molar-refractivity contribution in [3.05, 3.63) is 23.3 Å². The van der Waals surface area contributed by atoms with Crippen LogP contribution in [0, 0.1) is 5.41 Å². The van der Waals surface area contributed by atoms with E-state index in [1.807, 2.05) is 4.90 Å². The van der Waals surface area contributed by atoms with Crippen LogP contribution in [-0.4, -0.2) is 76.2 Å². The number of amides is 1. The van der Waals surface area contributed by atoms with Gasteiger partial charge in [-0.05, 0) is 24.5 Å². The van der Waals surface area contributed by atoms with Gasteiger partial charge < -0.3 is 30.1 Å². The lowest BCUT2D eigenvalue weighted by molar-refractivity contribution is -0.127. The minimum atomic E-state index is -1.31. The van der Waals surface area contributed by atoms with E-state index in [0.717, 1.165) is 32.6 Å². The number of carboxylic acids is 1. The molecule has 1 spiro atoms. The summed E-state index contributed by atoms with van der Waals surface area (Å²) >= 11 is 1.32. The Morgan fingerprint density at radius 1 is 1.41 bits per heavy atom. The van der Waals surface area contributed by atoms with Crippen LogP contribution in [0.1, 0.15) is 22.3 Å². The van der Waals surface area contributed by atoms with Gasteiger partial charge in [-0.2, -0.15) is 0 Å². The highest BCUT2D eigenvalue weighted by Crippen LogP contribution is 2.38. The van der Waals surface area contributed by atoms with E-state index in [-0.39, 0.29) is 33.5 Å². The van der Waals surface area contributed by atoms with Crippen LogP contribution in [0.3, 0.4) is 0 Å². The van der Waals surface area contributed by atoms with Gasteiger partial charge in [0.2, 0.25) is 5.91 Å². The minimum absolute atomic E-state index is 0.00264. The SMILES string of the molecule is O=C(O)c1c(O)ccc2c1OB(O)C(SCC(=O)N1CCC3(CNC3)C1)C2. The fourth-order valence-electron chi connectivity index (χ4n) is 3.96. The van der Waals surface area contributed by atoms with Gasteiger partial charge in [-0.15, -0.1) is 11.8 Å². The molecule has 3 aliphatic heterocycles. The third-order valence-electron chi connectivity index (χ3n) is 5.62. The number of carbonyl (C=O) groups excluding carboxylic acids is 1. The van der Waals surface area contributed by atoms with Crippen LogP contribution >= 0.6 is 11.8 Å². The molecule has 0 saturated carbocycles. The van der Waals surface area contributed by atoms with Crippen molar-refractivity contribution in [2.24, 2.45) is 5.41 Å². The van der Waals surface area contributed by atoms with Crippen LogP contribution in [0.4, 0.5) is 0 Å².